The average molecular weight is 547 g/mol. The molecule has 2 N–H and O–H groups in total. The lowest BCUT2D eigenvalue weighted by Gasteiger charge is -2.31. The molecule has 6 heteroatoms. The third kappa shape index (κ3) is 10.1. The van der Waals surface area contributed by atoms with E-state index in [0.717, 1.165) is 17.7 Å². The van der Waals surface area contributed by atoms with Gasteiger partial charge in [0.25, 0.3) is 0 Å². The van der Waals surface area contributed by atoms with Gasteiger partial charge in [-0.05, 0) is 76.3 Å². The first-order valence-corrected chi connectivity index (χ1v) is 14.4. The molecule has 0 heterocycles. The zero-order valence-electron chi connectivity index (χ0n) is 24.7. The van der Waals surface area contributed by atoms with Crippen molar-refractivity contribution >= 4 is 5.91 Å². The molecule has 216 valence electrons. The molecule has 0 fully saturated rings. The number of benzene rings is 3. The molecule has 0 aliphatic rings. The summed E-state index contributed by atoms with van der Waals surface area (Å²) in [6.07, 6.45) is 0.669. The van der Waals surface area contributed by atoms with E-state index in [0.29, 0.717) is 32.7 Å². The summed E-state index contributed by atoms with van der Waals surface area (Å²) in [6.45, 7) is 11.7. The lowest BCUT2D eigenvalue weighted by Crippen LogP contribution is -2.49. The second kappa shape index (κ2) is 15.6. The van der Waals surface area contributed by atoms with Crippen molar-refractivity contribution in [2.75, 3.05) is 26.3 Å². The van der Waals surface area contributed by atoms with E-state index in [4.69, 9.17) is 19.9 Å². The van der Waals surface area contributed by atoms with Gasteiger partial charge in [0.2, 0.25) is 5.91 Å². The van der Waals surface area contributed by atoms with Gasteiger partial charge in [-0.25, -0.2) is 0 Å². The zero-order valence-corrected chi connectivity index (χ0v) is 24.7. The highest BCUT2D eigenvalue weighted by atomic mass is 16.7. The van der Waals surface area contributed by atoms with Crippen LogP contribution in [0, 0.1) is 0 Å². The minimum atomic E-state index is -0.690. The molecule has 0 radical (unpaired) electrons. The van der Waals surface area contributed by atoms with Crippen molar-refractivity contribution in [1.29, 1.82) is 0 Å². The van der Waals surface area contributed by atoms with E-state index < -0.39 is 12.3 Å². The summed E-state index contributed by atoms with van der Waals surface area (Å²) in [6, 6.07) is 28.0. The van der Waals surface area contributed by atoms with Crippen LogP contribution in [-0.4, -0.2) is 55.0 Å². The van der Waals surface area contributed by atoms with Crippen molar-refractivity contribution in [3.05, 3.63) is 102 Å². The summed E-state index contributed by atoms with van der Waals surface area (Å²) in [5, 5.41) is 0. The first kappa shape index (κ1) is 31.3. The van der Waals surface area contributed by atoms with E-state index in [9.17, 15) is 4.79 Å². The van der Waals surface area contributed by atoms with Gasteiger partial charge in [0.15, 0.2) is 6.29 Å². The Morgan fingerprint density at radius 2 is 1.35 bits per heavy atom. The zero-order chi connectivity index (χ0) is 29.0. The summed E-state index contributed by atoms with van der Waals surface area (Å²) >= 11 is 0. The number of carbonyl (C=O) groups is 1. The Morgan fingerprint density at radius 1 is 0.825 bits per heavy atom. The highest BCUT2D eigenvalue weighted by molar-refractivity contribution is 5.82. The number of amides is 1. The van der Waals surface area contributed by atoms with Crippen LogP contribution in [-0.2, 0) is 20.7 Å². The largest absolute Gasteiger partial charge is 0.488 e. The van der Waals surface area contributed by atoms with Crippen LogP contribution in [0.5, 0.6) is 5.75 Å². The topological polar surface area (TPSA) is 74.0 Å². The minimum Gasteiger partial charge on any atom is -0.488 e. The Morgan fingerprint density at radius 3 is 1.82 bits per heavy atom. The Bertz CT molecular complexity index is 1080. The highest BCUT2D eigenvalue weighted by Crippen LogP contribution is 2.28. The summed E-state index contributed by atoms with van der Waals surface area (Å²) in [7, 11) is 0. The molecule has 1 unspecified atom stereocenters. The third-order valence-corrected chi connectivity index (χ3v) is 6.60. The molecule has 0 spiro atoms. The Hall–Kier alpha value is -3.19. The Kier molecular flexibility index (Phi) is 12.2. The van der Waals surface area contributed by atoms with Gasteiger partial charge in [0.1, 0.15) is 11.4 Å². The molecular weight excluding hydrogens is 500 g/mol. The number of ether oxygens (including phenoxy) is 3. The van der Waals surface area contributed by atoms with Crippen LogP contribution in [0.4, 0.5) is 0 Å². The van der Waals surface area contributed by atoms with Crippen LogP contribution in [0.1, 0.15) is 63.6 Å². The van der Waals surface area contributed by atoms with E-state index in [1.807, 2.05) is 75.9 Å². The number of nitrogens with two attached hydrogens (primary N) is 1. The lowest BCUT2D eigenvalue weighted by atomic mass is 9.88. The number of nitrogens with zero attached hydrogens (tertiary/aromatic N) is 1. The Labute approximate surface area is 240 Å². The second-order valence-corrected chi connectivity index (χ2v) is 11.0. The third-order valence-electron chi connectivity index (χ3n) is 6.60. The predicted octanol–water partition coefficient (Wildman–Crippen LogP) is 6.18. The van der Waals surface area contributed by atoms with Crippen molar-refractivity contribution in [2.45, 2.75) is 71.3 Å². The van der Waals surface area contributed by atoms with E-state index in [2.05, 4.69) is 48.5 Å². The van der Waals surface area contributed by atoms with Crippen molar-refractivity contribution in [3.63, 3.8) is 0 Å². The molecule has 0 bridgehead atoms. The monoisotopic (exact) mass is 546 g/mol. The standard InChI is InChI=1S/C34H46N2O4/c1-6-38-32(39-7-2)25-36(23-22-30(27-14-10-8-11-15-27)28-16-12-9-13-17-28)33(37)31(35)24-26-18-20-29(21-19-26)40-34(3,4)5/h8-21,30-32H,6-7,22-25,35H2,1-5H3. The van der Waals surface area contributed by atoms with Crippen molar-refractivity contribution in [1.82, 2.24) is 4.90 Å². The van der Waals surface area contributed by atoms with Gasteiger partial charge in [-0.1, -0.05) is 72.8 Å². The molecule has 0 saturated heterocycles. The van der Waals surface area contributed by atoms with Gasteiger partial charge in [-0.3, -0.25) is 4.79 Å². The molecule has 3 aromatic carbocycles. The van der Waals surface area contributed by atoms with E-state index in [-0.39, 0.29) is 17.4 Å². The lowest BCUT2D eigenvalue weighted by molar-refractivity contribution is -0.159. The molecule has 0 saturated carbocycles. The summed E-state index contributed by atoms with van der Waals surface area (Å²) in [5.41, 5.74) is 9.68. The van der Waals surface area contributed by atoms with Crippen LogP contribution in [0.25, 0.3) is 0 Å². The van der Waals surface area contributed by atoms with Crippen LogP contribution in [0.3, 0.4) is 0 Å². The number of hydrogen-bond donors (Lipinski definition) is 1. The second-order valence-electron chi connectivity index (χ2n) is 11.0. The van der Waals surface area contributed by atoms with Gasteiger partial charge in [0.05, 0.1) is 12.6 Å². The normalized spacial score (nSPS) is 12.5. The van der Waals surface area contributed by atoms with Crippen LogP contribution < -0.4 is 10.5 Å². The summed E-state index contributed by atoms with van der Waals surface area (Å²) < 4.78 is 17.6. The van der Waals surface area contributed by atoms with Crippen molar-refractivity contribution in [3.8, 4) is 5.75 Å². The summed E-state index contributed by atoms with van der Waals surface area (Å²) in [5.74, 6) is 0.822. The molecule has 0 aromatic heterocycles. The smallest absolute Gasteiger partial charge is 0.240 e. The minimum absolute atomic E-state index is 0.112. The van der Waals surface area contributed by atoms with E-state index >= 15 is 0 Å². The number of carbonyl (C=O) groups excluding carboxylic acids is 1. The molecule has 6 nitrogen and oxygen atoms in total. The Balaban J connectivity index is 1.78. The molecule has 0 aliphatic carbocycles. The van der Waals surface area contributed by atoms with Gasteiger partial charge < -0.3 is 24.8 Å². The maximum absolute atomic E-state index is 13.8. The fourth-order valence-electron chi connectivity index (χ4n) is 4.80. The van der Waals surface area contributed by atoms with Gasteiger partial charge in [-0.2, -0.15) is 0 Å². The van der Waals surface area contributed by atoms with Crippen molar-refractivity contribution < 1.29 is 19.0 Å². The highest BCUT2D eigenvalue weighted by Gasteiger charge is 2.26. The van der Waals surface area contributed by atoms with E-state index in [1.54, 1.807) is 0 Å². The fourth-order valence-corrected chi connectivity index (χ4v) is 4.80. The average Bonchev–Trinajstić information content (AvgIpc) is 2.94. The van der Waals surface area contributed by atoms with Crippen LogP contribution in [0.15, 0.2) is 84.9 Å². The molecular formula is C34H46N2O4. The number of hydrogen-bond acceptors (Lipinski definition) is 5. The number of rotatable bonds is 15. The molecule has 1 amide bonds. The van der Waals surface area contributed by atoms with Gasteiger partial charge in [0, 0.05) is 25.7 Å². The van der Waals surface area contributed by atoms with Crippen molar-refractivity contribution in [2.24, 2.45) is 5.73 Å². The van der Waals surface area contributed by atoms with Gasteiger partial charge in [-0.15, -0.1) is 0 Å². The first-order chi connectivity index (χ1) is 19.2. The summed E-state index contributed by atoms with van der Waals surface area (Å²) in [4.78, 5) is 15.6. The quantitative estimate of drug-likeness (QED) is 0.230. The maximum atomic E-state index is 13.8. The first-order valence-electron chi connectivity index (χ1n) is 14.4. The van der Waals surface area contributed by atoms with E-state index in [1.165, 1.54) is 11.1 Å². The SMILES string of the molecule is CCOC(CN(CCC(c1ccccc1)c1ccccc1)C(=O)C(N)Cc1ccc(OC(C)(C)C)cc1)OCC. The molecule has 3 aromatic rings. The predicted molar refractivity (Wildman–Crippen MR) is 161 cm³/mol. The fraction of sp³-hybridized carbons (Fsp3) is 0.441. The maximum Gasteiger partial charge on any atom is 0.240 e. The molecule has 1 atom stereocenters. The van der Waals surface area contributed by atoms with Gasteiger partial charge >= 0.3 is 0 Å². The van der Waals surface area contributed by atoms with Crippen LogP contribution in [0.2, 0.25) is 0 Å². The molecule has 40 heavy (non-hydrogen) atoms. The molecule has 0 aliphatic heterocycles. The molecule has 3 rings (SSSR count). The van der Waals surface area contributed by atoms with Crippen LogP contribution >= 0.6 is 0 Å².